The van der Waals surface area contributed by atoms with Crippen LogP contribution in [0.1, 0.15) is 35.6 Å². The molecule has 1 saturated carbocycles. The first-order chi connectivity index (χ1) is 8.42. The van der Waals surface area contributed by atoms with Crippen LogP contribution in [-0.4, -0.2) is 23.3 Å². The van der Waals surface area contributed by atoms with Crippen LogP contribution in [0.25, 0.3) is 0 Å². The number of ether oxygens (including phenoxy) is 1. The average Bonchev–Trinajstić information content (AvgIpc) is 3.12. The average molecular weight is 250 g/mol. The first kappa shape index (κ1) is 12.9. The third-order valence-electron chi connectivity index (χ3n) is 3.82. The minimum absolute atomic E-state index is 0.536. The highest BCUT2D eigenvalue weighted by atomic mass is 16.5. The number of hydrogen-bond donors (Lipinski definition) is 2. The van der Waals surface area contributed by atoms with E-state index in [1.54, 1.807) is 7.11 Å². The van der Waals surface area contributed by atoms with Crippen molar-refractivity contribution in [2.75, 3.05) is 7.11 Å². The first-order valence-electron chi connectivity index (χ1n) is 5.99. The molecule has 98 valence electrons. The van der Waals surface area contributed by atoms with Gasteiger partial charge in [-0.1, -0.05) is 0 Å². The third-order valence-corrected chi connectivity index (χ3v) is 3.82. The summed E-state index contributed by atoms with van der Waals surface area (Å²) in [5.74, 6) is -0.161. The van der Waals surface area contributed by atoms with E-state index in [0.29, 0.717) is 18.4 Å². The van der Waals surface area contributed by atoms with E-state index in [9.17, 15) is 15.0 Å². The zero-order chi connectivity index (χ0) is 13.5. The van der Waals surface area contributed by atoms with Gasteiger partial charge in [0, 0.05) is 0 Å². The summed E-state index contributed by atoms with van der Waals surface area (Å²) in [5.41, 5.74) is 1.47. The maximum Gasteiger partial charge on any atom is 0.312 e. The lowest BCUT2D eigenvalue weighted by molar-refractivity contribution is -0.148. The fourth-order valence-corrected chi connectivity index (χ4v) is 2.36. The Morgan fingerprint density at radius 3 is 2.39 bits per heavy atom. The van der Waals surface area contributed by atoms with Crippen LogP contribution in [0.4, 0.5) is 0 Å². The fraction of sp³-hybridized carbons (Fsp3) is 0.500. The Kier molecular flexibility index (Phi) is 3.07. The summed E-state index contributed by atoms with van der Waals surface area (Å²) >= 11 is 0. The number of aliphatic carboxylic acids is 1. The van der Waals surface area contributed by atoms with Gasteiger partial charge >= 0.3 is 5.97 Å². The minimum Gasteiger partial charge on any atom is -0.496 e. The molecule has 1 fully saturated rings. The molecule has 0 aromatic heterocycles. The summed E-state index contributed by atoms with van der Waals surface area (Å²) < 4.78 is 5.21. The van der Waals surface area contributed by atoms with Gasteiger partial charge in [-0.2, -0.15) is 0 Å². The highest BCUT2D eigenvalue weighted by molar-refractivity contribution is 5.79. The molecular formula is C14H18O4. The molecule has 2 rings (SSSR count). The van der Waals surface area contributed by atoms with E-state index in [1.165, 1.54) is 0 Å². The Bertz CT molecular complexity index is 489. The van der Waals surface area contributed by atoms with Crippen LogP contribution in [0.15, 0.2) is 12.1 Å². The van der Waals surface area contributed by atoms with Gasteiger partial charge in [-0.15, -0.1) is 0 Å². The van der Waals surface area contributed by atoms with Crippen molar-refractivity contribution in [2.24, 2.45) is 5.41 Å². The maximum absolute atomic E-state index is 11.2. The molecule has 1 aromatic carbocycles. The number of rotatable bonds is 4. The van der Waals surface area contributed by atoms with Crippen molar-refractivity contribution < 1.29 is 19.7 Å². The molecule has 2 N–H and O–H groups in total. The van der Waals surface area contributed by atoms with Crippen LogP contribution in [-0.2, 0) is 4.79 Å². The topological polar surface area (TPSA) is 66.8 Å². The van der Waals surface area contributed by atoms with Gasteiger partial charge in [0.2, 0.25) is 0 Å². The Morgan fingerprint density at radius 1 is 1.33 bits per heavy atom. The lowest BCUT2D eigenvalue weighted by atomic mass is 9.89. The van der Waals surface area contributed by atoms with Gasteiger partial charge in [0.25, 0.3) is 0 Å². The number of hydrogen-bond acceptors (Lipinski definition) is 3. The number of methoxy groups -OCH3 is 1. The predicted octanol–water partition coefficient (Wildman–Crippen LogP) is 2.21. The zero-order valence-corrected chi connectivity index (χ0v) is 10.9. The van der Waals surface area contributed by atoms with Crippen LogP contribution in [0.5, 0.6) is 5.75 Å². The number of carboxylic acid groups (broad SMARTS) is 1. The molecule has 0 amide bonds. The fourth-order valence-electron chi connectivity index (χ4n) is 2.36. The normalized spacial score (nSPS) is 18.2. The monoisotopic (exact) mass is 250 g/mol. The van der Waals surface area contributed by atoms with Crippen LogP contribution in [0, 0.1) is 19.3 Å². The van der Waals surface area contributed by atoms with Crippen LogP contribution >= 0.6 is 0 Å². The van der Waals surface area contributed by atoms with Crippen molar-refractivity contribution in [3.8, 4) is 5.75 Å². The first-order valence-corrected chi connectivity index (χ1v) is 5.99. The van der Waals surface area contributed by atoms with Gasteiger partial charge in [0.05, 0.1) is 18.6 Å². The van der Waals surface area contributed by atoms with Crippen LogP contribution < -0.4 is 4.74 Å². The predicted molar refractivity (Wildman–Crippen MR) is 66.7 cm³/mol. The van der Waals surface area contributed by atoms with E-state index < -0.39 is 17.5 Å². The molecule has 0 spiro atoms. The molecular weight excluding hydrogens is 232 g/mol. The second-order valence-corrected chi connectivity index (χ2v) is 5.04. The second-order valence-electron chi connectivity index (χ2n) is 5.04. The van der Waals surface area contributed by atoms with Gasteiger partial charge in [-0.3, -0.25) is 4.79 Å². The zero-order valence-electron chi connectivity index (χ0n) is 10.9. The Balaban J connectivity index is 2.40. The smallest absolute Gasteiger partial charge is 0.312 e. The Labute approximate surface area is 106 Å². The summed E-state index contributed by atoms with van der Waals surface area (Å²) in [6.45, 7) is 3.74. The molecule has 4 heteroatoms. The summed E-state index contributed by atoms with van der Waals surface area (Å²) in [7, 11) is 1.59. The van der Waals surface area contributed by atoms with E-state index in [2.05, 4.69) is 0 Å². The highest BCUT2D eigenvalue weighted by Crippen LogP contribution is 2.55. The number of aliphatic hydroxyl groups excluding tert-OH is 1. The van der Waals surface area contributed by atoms with Crippen molar-refractivity contribution in [2.45, 2.75) is 32.8 Å². The molecule has 18 heavy (non-hydrogen) atoms. The quantitative estimate of drug-likeness (QED) is 0.859. The molecule has 1 unspecified atom stereocenters. The van der Waals surface area contributed by atoms with Crippen molar-refractivity contribution >= 4 is 5.97 Å². The molecule has 1 aliphatic rings. The van der Waals surface area contributed by atoms with Crippen LogP contribution in [0.3, 0.4) is 0 Å². The summed E-state index contributed by atoms with van der Waals surface area (Å²) in [6, 6.07) is 3.66. The van der Waals surface area contributed by atoms with Crippen molar-refractivity contribution in [1.29, 1.82) is 0 Å². The molecule has 1 atom stereocenters. The van der Waals surface area contributed by atoms with Crippen molar-refractivity contribution in [3.05, 3.63) is 28.8 Å². The van der Waals surface area contributed by atoms with E-state index in [4.69, 9.17) is 4.74 Å². The molecule has 0 aliphatic heterocycles. The van der Waals surface area contributed by atoms with Gasteiger partial charge in [-0.25, -0.2) is 0 Å². The summed E-state index contributed by atoms with van der Waals surface area (Å²) in [4.78, 5) is 11.2. The molecule has 0 bridgehead atoms. The molecule has 1 aromatic rings. The number of benzene rings is 1. The summed E-state index contributed by atoms with van der Waals surface area (Å²) in [6.07, 6.45) is 0.127. The highest BCUT2D eigenvalue weighted by Gasteiger charge is 2.56. The Hall–Kier alpha value is -1.55. The second kappa shape index (κ2) is 4.28. The number of aryl methyl sites for hydroxylation is 2. The SMILES string of the molecule is COc1cc(C)c(C(O)C2(C(=O)O)CC2)cc1C. The lowest BCUT2D eigenvalue weighted by Crippen LogP contribution is -2.24. The molecule has 0 saturated heterocycles. The molecule has 1 aliphatic carbocycles. The molecule has 0 heterocycles. The standard InChI is InChI=1S/C14H18O4/c1-8-7-11(18-3)9(2)6-10(8)12(15)14(4-5-14)13(16)17/h6-7,12,15H,4-5H2,1-3H3,(H,16,17). The molecule has 0 radical (unpaired) electrons. The van der Waals surface area contributed by atoms with E-state index in [0.717, 1.165) is 16.9 Å². The number of aliphatic hydroxyl groups is 1. The van der Waals surface area contributed by atoms with E-state index in [-0.39, 0.29) is 0 Å². The maximum atomic E-state index is 11.2. The van der Waals surface area contributed by atoms with Gasteiger partial charge in [0.1, 0.15) is 5.75 Å². The van der Waals surface area contributed by atoms with E-state index in [1.807, 2.05) is 26.0 Å². The van der Waals surface area contributed by atoms with Gasteiger partial charge in [0.15, 0.2) is 0 Å². The van der Waals surface area contributed by atoms with Crippen LogP contribution in [0.2, 0.25) is 0 Å². The van der Waals surface area contributed by atoms with Gasteiger partial charge < -0.3 is 14.9 Å². The van der Waals surface area contributed by atoms with E-state index >= 15 is 0 Å². The number of carbonyl (C=O) groups is 1. The Morgan fingerprint density at radius 2 is 1.94 bits per heavy atom. The largest absolute Gasteiger partial charge is 0.496 e. The third kappa shape index (κ3) is 1.86. The van der Waals surface area contributed by atoms with Crippen molar-refractivity contribution in [3.63, 3.8) is 0 Å². The number of carboxylic acids is 1. The summed E-state index contributed by atoms with van der Waals surface area (Å²) in [5, 5.41) is 19.5. The van der Waals surface area contributed by atoms with Crippen molar-refractivity contribution in [1.82, 2.24) is 0 Å². The van der Waals surface area contributed by atoms with Gasteiger partial charge in [-0.05, 0) is 55.5 Å². The molecule has 4 nitrogen and oxygen atoms in total. The lowest BCUT2D eigenvalue weighted by Gasteiger charge is -2.21. The minimum atomic E-state index is -0.980.